The number of nitrogens with one attached hydrogen (secondary N) is 2. The van der Waals surface area contributed by atoms with E-state index < -0.39 is 41.8 Å². The first kappa shape index (κ1) is 31.6. The highest BCUT2D eigenvalue weighted by molar-refractivity contribution is 5.94. The van der Waals surface area contributed by atoms with Crippen LogP contribution in [0.5, 0.6) is 0 Å². The van der Waals surface area contributed by atoms with Gasteiger partial charge < -0.3 is 26.8 Å². The van der Waals surface area contributed by atoms with E-state index in [9.17, 15) is 24.0 Å². The van der Waals surface area contributed by atoms with Gasteiger partial charge in [-0.05, 0) is 29.2 Å². The van der Waals surface area contributed by atoms with Crippen LogP contribution < -0.4 is 22.1 Å². The average molecular weight is 598 g/mol. The number of nitrogens with two attached hydrogens (primary N) is 2. The number of fused-ring (bicyclic) bond motifs is 1. The largest absolute Gasteiger partial charge is 0.459 e. The predicted octanol–water partition coefficient (Wildman–Crippen LogP) is 1.77. The summed E-state index contributed by atoms with van der Waals surface area (Å²) < 4.78 is 6.95. The van der Waals surface area contributed by atoms with E-state index in [1.54, 1.807) is 30.5 Å². The number of ether oxygens (including phenoxy) is 1. The van der Waals surface area contributed by atoms with E-state index in [0.29, 0.717) is 22.9 Å². The number of aromatic nitrogens is 1. The van der Waals surface area contributed by atoms with Crippen LogP contribution >= 0.6 is 0 Å². The molecule has 0 aliphatic rings. The fourth-order valence-corrected chi connectivity index (χ4v) is 4.81. The van der Waals surface area contributed by atoms with E-state index in [1.165, 1.54) is 4.57 Å². The molecule has 6 N–H and O–H groups in total. The number of nitrogens with zero attached hydrogens (tertiary/aromatic N) is 1. The van der Waals surface area contributed by atoms with Gasteiger partial charge in [0.2, 0.25) is 24.1 Å². The summed E-state index contributed by atoms with van der Waals surface area (Å²) in [5, 5.41) is 6.15. The Hall–Kier alpha value is -5.29. The molecule has 4 aromatic rings. The quantitative estimate of drug-likeness (QED) is 0.119. The number of carbonyl (C=O) groups is 5. The molecule has 44 heavy (non-hydrogen) atoms. The normalized spacial score (nSPS) is 12.9. The molecule has 3 aromatic carbocycles. The van der Waals surface area contributed by atoms with Crippen molar-refractivity contribution in [2.75, 3.05) is 0 Å². The van der Waals surface area contributed by atoms with Gasteiger partial charge in [-0.15, -0.1) is 0 Å². The number of carbonyl (C=O) groups excluding carboxylic acids is 5. The zero-order valence-corrected chi connectivity index (χ0v) is 24.1. The second-order valence-electron chi connectivity index (χ2n) is 10.4. The summed E-state index contributed by atoms with van der Waals surface area (Å²) >= 11 is 0. The summed E-state index contributed by atoms with van der Waals surface area (Å²) in [6.07, 6.45) is 2.25. The van der Waals surface area contributed by atoms with Gasteiger partial charge in [0.05, 0.1) is 11.6 Å². The van der Waals surface area contributed by atoms with E-state index in [2.05, 4.69) is 10.6 Å². The van der Waals surface area contributed by atoms with Crippen LogP contribution in [0.4, 0.5) is 0 Å². The molecule has 0 radical (unpaired) electrons. The lowest BCUT2D eigenvalue weighted by Crippen LogP contribution is -2.55. The van der Waals surface area contributed by atoms with Gasteiger partial charge in [-0.3, -0.25) is 23.7 Å². The Labute approximate surface area is 254 Å². The third-order valence-corrected chi connectivity index (χ3v) is 7.14. The highest BCUT2D eigenvalue weighted by Crippen LogP contribution is 2.22. The third kappa shape index (κ3) is 8.62. The maximum absolute atomic E-state index is 13.8. The number of benzene rings is 3. The highest BCUT2D eigenvalue weighted by atomic mass is 16.5. The summed E-state index contributed by atoms with van der Waals surface area (Å²) in [7, 11) is 0. The summed E-state index contributed by atoms with van der Waals surface area (Å²) in [6.45, 7) is 0.0148. The Balaban J connectivity index is 1.59. The second kappa shape index (κ2) is 15.3. The summed E-state index contributed by atoms with van der Waals surface area (Å²) in [5.74, 6) is -2.58. The first-order valence-corrected chi connectivity index (χ1v) is 14.2. The molecule has 0 fully saturated rings. The number of esters is 1. The maximum atomic E-state index is 13.8. The average Bonchev–Trinajstić information content (AvgIpc) is 3.40. The fraction of sp³-hybridized carbons (Fsp3) is 0.242. The van der Waals surface area contributed by atoms with E-state index in [1.807, 2.05) is 60.7 Å². The topological polar surface area (TPSA) is 176 Å². The summed E-state index contributed by atoms with van der Waals surface area (Å²) in [5.41, 5.74) is 14.0. The van der Waals surface area contributed by atoms with Crippen molar-refractivity contribution in [2.45, 2.75) is 50.4 Å². The van der Waals surface area contributed by atoms with Gasteiger partial charge in [0.15, 0.2) is 0 Å². The number of primary amides is 1. The smallest absolute Gasteiger partial charge is 0.329 e. The molecule has 0 aliphatic heterocycles. The number of amides is 3. The first-order valence-electron chi connectivity index (χ1n) is 14.2. The van der Waals surface area contributed by atoms with Crippen molar-refractivity contribution in [1.29, 1.82) is 0 Å². The van der Waals surface area contributed by atoms with Crippen LogP contribution in [-0.4, -0.2) is 52.8 Å². The monoisotopic (exact) mass is 597 g/mol. The minimum atomic E-state index is -1.19. The first-order chi connectivity index (χ1) is 21.2. The highest BCUT2D eigenvalue weighted by Gasteiger charge is 2.30. The van der Waals surface area contributed by atoms with Gasteiger partial charge in [0.25, 0.3) is 0 Å². The third-order valence-electron chi connectivity index (χ3n) is 7.14. The minimum absolute atomic E-state index is 0.0115. The van der Waals surface area contributed by atoms with Gasteiger partial charge in [0.1, 0.15) is 18.7 Å². The lowest BCUT2D eigenvalue weighted by atomic mass is 10.0. The van der Waals surface area contributed by atoms with Crippen LogP contribution in [0.3, 0.4) is 0 Å². The number of rotatable bonds is 15. The van der Waals surface area contributed by atoms with Crippen molar-refractivity contribution >= 4 is 41.0 Å². The zero-order chi connectivity index (χ0) is 31.5. The Morgan fingerprint density at radius 2 is 1.41 bits per heavy atom. The van der Waals surface area contributed by atoms with Gasteiger partial charge in [0, 0.05) is 30.8 Å². The van der Waals surface area contributed by atoms with Crippen LogP contribution in [0.25, 0.3) is 10.9 Å². The van der Waals surface area contributed by atoms with Crippen LogP contribution in [0.1, 0.15) is 29.5 Å². The van der Waals surface area contributed by atoms with E-state index >= 15 is 0 Å². The molecule has 0 bridgehead atoms. The van der Waals surface area contributed by atoms with Gasteiger partial charge in [-0.25, -0.2) is 4.79 Å². The van der Waals surface area contributed by atoms with Gasteiger partial charge in [-0.1, -0.05) is 78.9 Å². The van der Waals surface area contributed by atoms with Crippen molar-refractivity contribution in [3.63, 3.8) is 0 Å². The summed E-state index contributed by atoms with van der Waals surface area (Å²) in [4.78, 5) is 63.1. The zero-order valence-electron chi connectivity index (χ0n) is 24.1. The Bertz CT molecular complexity index is 1600. The minimum Gasteiger partial charge on any atom is -0.459 e. The van der Waals surface area contributed by atoms with E-state index in [-0.39, 0.29) is 32.3 Å². The molecule has 0 aliphatic carbocycles. The molecule has 11 nitrogen and oxygen atoms in total. The molecule has 1 aromatic heterocycles. The molecular formula is C33H35N5O6. The van der Waals surface area contributed by atoms with E-state index in [4.69, 9.17) is 16.2 Å². The lowest BCUT2D eigenvalue weighted by Gasteiger charge is -2.24. The van der Waals surface area contributed by atoms with E-state index in [0.717, 1.165) is 11.1 Å². The lowest BCUT2D eigenvalue weighted by molar-refractivity contribution is -0.149. The van der Waals surface area contributed by atoms with Crippen LogP contribution in [0.2, 0.25) is 0 Å². The standard InChI is InChI=1S/C33H35N5O6/c34-26(15-16-30(35)40)31(41)36-27(18-24-19-38(21-39)29-14-8-7-13-25(24)29)32(42)37-28(17-22-9-3-1-4-10-22)33(43)44-20-23-11-5-2-6-12-23/h1-14,19,21,26-28H,15-18,20,34H2,(H2,35,40)(H,36,41)(H,37,42)/t26-,27+,28-/m0/s1. The van der Waals surface area contributed by atoms with Gasteiger partial charge >= 0.3 is 5.97 Å². The van der Waals surface area contributed by atoms with Crippen molar-refractivity contribution < 1.29 is 28.7 Å². The molecule has 0 saturated carbocycles. The molecule has 11 heteroatoms. The molecule has 0 saturated heterocycles. The number of hydrogen-bond acceptors (Lipinski definition) is 7. The van der Waals surface area contributed by atoms with Crippen molar-refractivity contribution in [3.8, 4) is 0 Å². The molecule has 0 unspecified atom stereocenters. The molecule has 228 valence electrons. The van der Waals surface area contributed by atoms with Crippen LogP contribution in [0.15, 0.2) is 91.1 Å². The van der Waals surface area contributed by atoms with Crippen LogP contribution in [-0.2, 0) is 48.2 Å². The second-order valence-corrected chi connectivity index (χ2v) is 10.4. The van der Waals surface area contributed by atoms with Crippen LogP contribution in [0, 0.1) is 0 Å². The maximum Gasteiger partial charge on any atom is 0.329 e. The van der Waals surface area contributed by atoms with Crippen molar-refractivity contribution in [1.82, 2.24) is 15.2 Å². The van der Waals surface area contributed by atoms with Crippen molar-refractivity contribution in [3.05, 3.63) is 108 Å². The molecule has 1 heterocycles. The Morgan fingerprint density at radius 1 is 0.795 bits per heavy atom. The molecular weight excluding hydrogens is 562 g/mol. The predicted molar refractivity (Wildman–Crippen MR) is 164 cm³/mol. The SMILES string of the molecule is NC(=O)CC[C@H](N)C(=O)N[C@H](Cc1cn(C=O)c2ccccc12)C(=O)N[C@@H](Cc1ccccc1)C(=O)OCc1ccccc1. The molecule has 4 rings (SSSR count). The van der Waals surface area contributed by atoms with Gasteiger partial charge in [-0.2, -0.15) is 0 Å². The molecule has 3 atom stereocenters. The molecule has 3 amide bonds. The van der Waals surface area contributed by atoms with Crippen molar-refractivity contribution in [2.24, 2.45) is 11.5 Å². The molecule has 0 spiro atoms. The Morgan fingerprint density at radius 3 is 2.07 bits per heavy atom. The Kier molecular flexibility index (Phi) is 11.0. The fourth-order valence-electron chi connectivity index (χ4n) is 4.81. The number of para-hydroxylation sites is 1. The summed E-state index contributed by atoms with van der Waals surface area (Å²) in [6, 6.07) is 22.1. The number of hydrogen-bond donors (Lipinski definition) is 4.